The summed E-state index contributed by atoms with van der Waals surface area (Å²) in [5.74, 6) is 0.848. The van der Waals surface area contributed by atoms with Gasteiger partial charge in [-0.3, -0.25) is 9.55 Å². The number of aromatic nitrogens is 3. The summed E-state index contributed by atoms with van der Waals surface area (Å²) in [6, 6.07) is 20.7. The fourth-order valence-corrected chi connectivity index (χ4v) is 3.67. The van der Waals surface area contributed by atoms with Gasteiger partial charge in [-0.2, -0.15) is 0 Å². The van der Waals surface area contributed by atoms with Crippen molar-refractivity contribution >= 4 is 38.6 Å². The number of nitrogens with one attached hydrogen (secondary N) is 1. The van der Waals surface area contributed by atoms with E-state index in [0.717, 1.165) is 32.7 Å². The first-order valence-corrected chi connectivity index (χ1v) is 9.20. The number of anilines is 1. The molecule has 26 heavy (non-hydrogen) atoms. The average Bonchev–Trinajstić information content (AvgIpc) is 3.07. The van der Waals surface area contributed by atoms with Gasteiger partial charge in [-0.25, -0.2) is 4.98 Å². The van der Waals surface area contributed by atoms with Gasteiger partial charge in [0.15, 0.2) is 0 Å². The summed E-state index contributed by atoms with van der Waals surface area (Å²) in [4.78, 5) is 9.06. The molecule has 5 rings (SSSR count). The second-order valence-electron chi connectivity index (χ2n) is 6.24. The maximum absolute atomic E-state index is 4.80. The van der Waals surface area contributed by atoms with Crippen LogP contribution >= 0.6 is 15.9 Å². The maximum atomic E-state index is 4.80. The van der Waals surface area contributed by atoms with Crippen LogP contribution in [0.4, 0.5) is 5.95 Å². The Hall–Kier alpha value is -2.92. The molecule has 3 heterocycles. The monoisotopic (exact) mass is 402 g/mol. The third kappa shape index (κ3) is 2.52. The standard InChI is InChI=1S/C21H15BrN4/c22-16-9-7-14(8-10-16)20-12-18(15-4-3-11-23-13-15)25-21-24-17-5-1-2-6-19(17)26(20)21/h1-13,20H,(H,24,25)/t20-/m0/s1. The Morgan fingerprint density at radius 2 is 1.81 bits per heavy atom. The third-order valence-corrected chi connectivity index (χ3v) is 5.16. The van der Waals surface area contributed by atoms with Crippen molar-refractivity contribution in [3.8, 4) is 0 Å². The van der Waals surface area contributed by atoms with Gasteiger partial charge in [0.25, 0.3) is 0 Å². The molecule has 0 spiro atoms. The number of para-hydroxylation sites is 2. The number of fused-ring (bicyclic) bond motifs is 3. The highest BCUT2D eigenvalue weighted by atomic mass is 79.9. The van der Waals surface area contributed by atoms with E-state index in [2.05, 4.69) is 79.3 Å². The average molecular weight is 403 g/mol. The van der Waals surface area contributed by atoms with Crippen molar-refractivity contribution < 1.29 is 0 Å². The summed E-state index contributed by atoms with van der Waals surface area (Å²) >= 11 is 3.53. The molecular formula is C21H15BrN4. The van der Waals surface area contributed by atoms with Gasteiger partial charge in [0.1, 0.15) is 0 Å². The van der Waals surface area contributed by atoms with E-state index in [0.29, 0.717) is 0 Å². The van der Waals surface area contributed by atoms with Crippen molar-refractivity contribution in [2.75, 3.05) is 5.32 Å². The van der Waals surface area contributed by atoms with Crippen LogP contribution in [-0.2, 0) is 0 Å². The molecule has 0 bridgehead atoms. The molecule has 0 radical (unpaired) electrons. The normalized spacial score (nSPS) is 16.0. The Morgan fingerprint density at radius 3 is 2.62 bits per heavy atom. The zero-order chi connectivity index (χ0) is 17.5. The number of imidazole rings is 1. The highest BCUT2D eigenvalue weighted by Crippen LogP contribution is 2.36. The molecule has 0 saturated heterocycles. The minimum absolute atomic E-state index is 0.0574. The minimum atomic E-state index is 0.0574. The molecule has 0 saturated carbocycles. The Labute approximate surface area is 159 Å². The van der Waals surface area contributed by atoms with E-state index in [-0.39, 0.29) is 6.04 Å². The van der Waals surface area contributed by atoms with E-state index < -0.39 is 0 Å². The number of rotatable bonds is 2. The van der Waals surface area contributed by atoms with Gasteiger partial charge < -0.3 is 5.32 Å². The van der Waals surface area contributed by atoms with Gasteiger partial charge >= 0.3 is 0 Å². The fraction of sp³-hybridized carbons (Fsp3) is 0.0476. The van der Waals surface area contributed by atoms with Crippen molar-refractivity contribution in [2.24, 2.45) is 0 Å². The fourth-order valence-electron chi connectivity index (χ4n) is 3.40. The van der Waals surface area contributed by atoms with Crippen LogP contribution in [0, 0.1) is 0 Å². The summed E-state index contributed by atoms with van der Waals surface area (Å²) in [7, 11) is 0. The predicted octanol–water partition coefficient (Wildman–Crippen LogP) is 5.25. The molecule has 2 aromatic carbocycles. The van der Waals surface area contributed by atoms with Crippen LogP contribution in [0.3, 0.4) is 0 Å². The second-order valence-corrected chi connectivity index (χ2v) is 7.15. The Balaban J connectivity index is 1.73. The van der Waals surface area contributed by atoms with Crippen molar-refractivity contribution in [1.29, 1.82) is 0 Å². The SMILES string of the molecule is Brc1ccc([C@@H]2C=C(c3cccnc3)Nc3nc4ccccc4n32)cc1. The van der Waals surface area contributed by atoms with Crippen LogP contribution in [-0.4, -0.2) is 14.5 Å². The van der Waals surface area contributed by atoms with Crippen LogP contribution in [0.1, 0.15) is 17.2 Å². The number of halogens is 1. The zero-order valence-corrected chi connectivity index (χ0v) is 15.4. The number of allylic oxidation sites excluding steroid dienone is 1. The van der Waals surface area contributed by atoms with Crippen LogP contribution in [0.25, 0.3) is 16.7 Å². The molecule has 1 N–H and O–H groups in total. The quantitative estimate of drug-likeness (QED) is 0.497. The maximum Gasteiger partial charge on any atom is 0.209 e. The Kier molecular flexibility index (Phi) is 3.60. The third-order valence-electron chi connectivity index (χ3n) is 4.63. The van der Waals surface area contributed by atoms with Gasteiger partial charge in [-0.15, -0.1) is 0 Å². The highest BCUT2D eigenvalue weighted by Gasteiger charge is 2.25. The summed E-state index contributed by atoms with van der Waals surface area (Å²) in [5.41, 5.74) is 5.38. The van der Waals surface area contributed by atoms with E-state index in [9.17, 15) is 0 Å². The van der Waals surface area contributed by atoms with Gasteiger partial charge in [-0.1, -0.05) is 40.2 Å². The van der Waals surface area contributed by atoms with E-state index in [1.807, 2.05) is 24.4 Å². The molecule has 126 valence electrons. The van der Waals surface area contributed by atoms with Crippen LogP contribution in [0.2, 0.25) is 0 Å². The lowest BCUT2D eigenvalue weighted by Crippen LogP contribution is -2.19. The molecular weight excluding hydrogens is 388 g/mol. The first-order valence-electron chi connectivity index (χ1n) is 8.41. The smallest absolute Gasteiger partial charge is 0.209 e. The minimum Gasteiger partial charge on any atom is -0.325 e. The zero-order valence-electron chi connectivity index (χ0n) is 13.8. The molecule has 1 aliphatic heterocycles. The summed E-state index contributed by atoms with van der Waals surface area (Å²) in [5, 5.41) is 3.48. The number of pyridine rings is 1. The molecule has 0 amide bonds. The molecule has 0 unspecified atom stereocenters. The summed E-state index contributed by atoms with van der Waals surface area (Å²) in [6.45, 7) is 0. The van der Waals surface area contributed by atoms with Crippen molar-refractivity contribution in [3.05, 3.63) is 94.7 Å². The Bertz CT molecular complexity index is 1110. The number of benzene rings is 2. The molecule has 0 fully saturated rings. The van der Waals surface area contributed by atoms with Crippen LogP contribution in [0.15, 0.2) is 83.6 Å². The molecule has 1 atom stereocenters. The molecule has 1 aliphatic rings. The summed E-state index contributed by atoms with van der Waals surface area (Å²) in [6.07, 6.45) is 5.89. The highest BCUT2D eigenvalue weighted by molar-refractivity contribution is 9.10. The van der Waals surface area contributed by atoms with Crippen LogP contribution in [0.5, 0.6) is 0 Å². The van der Waals surface area contributed by atoms with Crippen molar-refractivity contribution in [3.63, 3.8) is 0 Å². The van der Waals surface area contributed by atoms with Gasteiger partial charge in [0, 0.05) is 28.1 Å². The van der Waals surface area contributed by atoms with Crippen LogP contribution < -0.4 is 5.32 Å². The largest absolute Gasteiger partial charge is 0.325 e. The van der Waals surface area contributed by atoms with E-state index in [1.165, 1.54) is 5.56 Å². The van der Waals surface area contributed by atoms with Crippen molar-refractivity contribution in [1.82, 2.24) is 14.5 Å². The lowest BCUT2D eigenvalue weighted by molar-refractivity contribution is 0.720. The van der Waals surface area contributed by atoms with Crippen molar-refractivity contribution in [2.45, 2.75) is 6.04 Å². The molecule has 5 heteroatoms. The lowest BCUT2D eigenvalue weighted by atomic mass is 10.0. The number of hydrogen-bond donors (Lipinski definition) is 1. The summed E-state index contributed by atoms with van der Waals surface area (Å²) < 4.78 is 3.32. The number of hydrogen-bond acceptors (Lipinski definition) is 3. The number of nitrogens with zero attached hydrogens (tertiary/aromatic N) is 3. The van der Waals surface area contributed by atoms with Gasteiger partial charge in [-0.05, 0) is 48.0 Å². The molecule has 0 aliphatic carbocycles. The first kappa shape index (κ1) is 15.3. The predicted molar refractivity (Wildman–Crippen MR) is 108 cm³/mol. The first-order chi connectivity index (χ1) is 12.8. The molecule has 4 aromatic rings. The van der Waals surface area contributed by atoms with Gasteiger partial charge in [0.2, 0.25) is 5.95 Å². The molecule has 2 aromatic heterocycles. The second kappa shape index (κ2) is 6.11. The van der Waals surface area contributed by atoms with E-state index in [4.69, 9.17) is 4.98 Å². The topological polar surface area (TPSA) is 42.7 Å². The molecule has 4 nitrogen and oxygen atoms in total. The van der Waals surface area contributed by atoms with Gasteiger partial charge in [0.05, 0.1) is 17.1 Å². The van der Waals surface area contributed by atoms with E-state index >= 15 is 0 Å². The Morgan fingerprint density at radius 1 is 0.962 bits per heavy atom. The lowest BCUT2D eigenvalue weighted by Gasteiger charge is -2.26. The van der Waals surface area contributed by atoms with E-state index in [1.54, 1.807) is 6.20 Å².